The first-order valence-corrected chi connectivity index (χ1v) is 5.73. The van der Waals surface area contributed by atoms with Crippen LogP contribution < -0.4 is 5.32 Å². The predicted molar refractivity (Wildman–Crippen MR) is 65.8 cm³/mol. The van der Waals surface area contributed by atoms with Gasteiger partial charge in [-0.15, -0.1) is 0 Å². The Hall–Kier alpha value is -1.51. The number of carboxylic acids is 1. The van der Waals surface area contributed by atoms with E-state index in [1.807, 2.05) is 24.3 Å². The minimum Gasteiger partial charge on any atom is -0.481 e. The summed E-state index contributed by atoms with van der Waals surface area (Å²) in [4.78, 5) is 10.6. The van der Waals surface area contributed by atoms with Crippen LogP contribution in [0.25, 0.3) is 0 Å². The summed E-state index contributed by atoms with van der Waals surface area (Å²) in [6, 6.07) is 8.07. The summed E-state index contributed by atoms with van der Waals surface area (Å²) in [7, 11) is 0. The zero-order valence-corrected chi connectivity index (χ0v) is 9.86. The Morgan fingerprint density at radius 2 is 2.06 bits per heavy atom. The van der Waals surface area contributed by atoms with Crippen LogP contribution in [-0.2, 0) is 11.2 Å². The van der Waals surface area contributed by atoms with Crippen LogP contribution in [0.1, 0.15) is 32.3 Å². The number of nitrogens with one attached hydrogen (secondary N) is 1. The third kappa shape index (κ3) is 3.93. The molecular weight excluding hydrogens is 202 g/mol. The van der Waals surface area contributed by atoms with E-state index < -0.39 is 5.97 Å². The monoisotopic (exact) mass is 221 g/mol. The zero-order valence-electron chi connectivity index (χ0n) is 9.86. The minimum absolute atomic E-state index is 0.0818. The largest absolute Gasteiger partial charge is 0.481 e. The van der Waals surface area contributed by atoms with Crippen molar-refractivity contribution >= 4 is 11.7 Å². The van der Waals surface area contributed by atoms with Crippen LogP contribution in [0, 0.1) is 0 Å². The van der Waals surface area contributed by atoms with Gasteiger partial charge in [0.15, 0.2) is 0 Å². The van der Waals surface area contributed by atoms with Gasteiger partial charge in [0.05, 0.1) is 6.42 Å². The molecule has 0 saturated heterocycles. The second-order valence-corrected chi connectivity index (χ2v) is 3.93. The van der Waals surface area contributed by atoms with E-state index in [1.54, 1.807) is 0 Å². The summed E-state index contributed by atoms with van der Waals surface area (Å²) in [5, 5.41) is 12.1. The van der Waals surface area contributed by atoms with E-state index in [0.29, 0.717) is 6.04 Å². The lowest BCUT2D eigenvalue weighted by Crippen LogP contribution is -2.17. The summed E-state index contributed by atoms with van der Waals surface area (Å²) in [5.74, 6) is -0.792. The van der Waals surface area contributed by atoms with Crippen LogP contribution >= 0.6 is 0 Å². The van der Waals surface area contributed by atoms with Gasteiger partial charge in [-0.2, -0.15) is 0 Å². The van der Waals surface area contributed by atoms with E-state index in [1.165, 1.54) is 0 Å². The maximum atomic E-state index is 10.6. The fraction of sp³-hybridized carbons (Fsp3) is 0.462. The Bertz CT molecular complexity index is 346. The molecule has 88 valence electrons. The van der Waals surface area contributed by atoms with Crippen molar-refractivity contribution in [3.8, 4) is 0 Å². The highest BCUT2D eigenvalue weighted by molar-refractivity contribution is 5.70. The maximum Gasteiger partial charge on any atom is 0.307 e. The molecule has 1 aromatic rings. The van der Waals surface area contributed by atoms with E-state index in [2.05, 4.69) is 19.2 Å². The summed E-state index contributed by atoms with van der Waals surface area (Å²) >= 11 is 0. The second-order valence-electron chi connectivity index (χ2n) is 3.93. The molecule has 0 aromatic heterocycles. The van der Waals surface area contributed by atoms with E-state index in [-0.39, 0.29) is 6.42 Å². The second kappa shape index (κ2) is 6.16. The quantitative estimate of drug-likeness (QED) is 0.776. The van der Waals surface area contributed by atoms with Crippen LogP contribution in [0.3, 0.4) is 0 Å². The first-order valence-electron chi connectivity index (χ1n) is 5.73. The van der Waals surface area contributed by atoms with Crippen molar-refractivity contribution in [1.29, 1.82) is 0 Å². The first kappa shape index (κ1) is 12.6. The summed E-state index contributed by atoms with van der Waals surface area (Å²) < 4.78 is 0. The Labute approximate surface area is 96.5 Å². The van der Waals surface area contributed by atoms with Crippen molar-refractivity contribution in [2.45, 2.75) is 39.2 Å². The van der Waals surface area contributed by atoms with Crippen molar-refractivity contribution in [3.63, 3.8) is 0 Å². The lowest BCUT2D eigenvalue weighted by molar-refractivity contribution is -0.136. The van der Waals surface area contributed by atoms with Gasteiger partial charge in [0, 0.05) is 11.7 Å². The Balaban J connectivity index is 2.70. The number of hydrogen-bond donors (Lipinski definition) is 2. The highest BCUT2D eigenvalue weighted by Crippen LogP contribution is 2.14. The van der Waals surface area contributed by atoms with Gasteiger partial charge in [-0.3, -0.25) is 4.79 Å². The highest BCUT2D eigenvalue weighted by Gasteiger charge is 2.05. The minimum atomic E-state index is -0.792. The molecule has 0 aliphatic rings. The molecule has 0 saturated carbocycles. The smallest absolute Gasteiger partial charge is 0.307 e. The maximum absolute atomic E-state index is 10.6. The Morgan fingerprint density at radius 1 is 1.38 bits per heavy atom. The molecule has 0 heterocycles. The predicted octanol–water partition coefficient (Wildman–Crippen LogP) is 2.91. The van der Waals surface area contributed by atoms with Crippen molar-refractivity contribution in [2.24, 2.45) is 0 Å². The molecule has 3 nitrogen and oxygen atoms in total. The number of carboxylic acid groups (broad SMARTS) is 1. The number of anilines is 1. The molecule has 0 bridgehead atoms. The van der Waals surface area contributed by atoms with Gasteiger partial charge < -0.3 is 10.4 Å². The molecule has 16 heavy (non-hydrogen) atoms. The normalized spacial score (nSPS) is 10.4. The number of hydrogen-bond acceptors (Lipinski definition) is 2. The molecule has 0 spiro atoms. The number of aliphatic carboxylic acids is 1. The van der Waals surface area contributed by atoms with Crippen LogP contribution in [0.2, 0.25) is 0 Å². The van der Waals surface area contributed by atoms with Gasteiger partial charge in [0.2, 0.25) is 0 Å². The lowest BCUT2D eigenvalue weighted by Gasteiger charge is -2.16. The van der Waals surface area contributed by atoms with Gasteiger partial charge in [0.25, 0.3) is 0 Å². The van der Waals surface area contributed by atoms with Crippen LogP contribution in [-0.4, -0.2) is 17.1 Å². The first-order chi connectivity index (χ1) is 7.65. The fourth-order valence-corrected chi connectivity index (χ4v) is 1.67. The van der Waals surface area contributed by atoms with E-state index >= 15 is 0 Å². The average molecular weight is 221 g/mol. The van der Waals surface area contributed by atoms with E-state index in [4.69, 9.17) is 5.11 Å². The van der Waals surface area contributed by atoms with Crippen molar-refractivity contribution in [1.82, 2.24) is 0 Å². The van der Waals surface area contributed by atoms with Gasteiger partial charge in [-0.1, -0.05) is 26.0 Å². The molecular formula is C13H19NO2. The van der Waals surface area contributed by atoms with Crippen molar-refractivity contribution < 1.29 is 9.90 Å². The van der Waals surface area contributed by atoms with Gasteiger partial charge >= 0.3 is 5.97 Å². The average Bonchev–Trinajstić information content (AvgIpc) is 2.25. The van der Waals surface area contributed by atoms with Crippen LogP contribution in [0.4, 0.5) is 5.69 Å². The van der Waals surface area contributed by atoms with Gasteiger partial charge in [0.1, 0.15) is 0 Å². The molecule has 1 rings (SSSR count). The molecule has 0 radical (unpaired) electrons. The zero-order chi connectivity index (χ0) is 12.0. The SMILES string of the molecule is CCC(CC)Nc1cccc(CC(=O)O)c1. The number of carbonyl (C=O) groups is 1. The summed E-state index contributed by atoms with van der Waals surface area (Å²) in [5.41, 5.74) is 1.84. The summed E-state index contributed by atoms with van der Waals surface area (Å²) in [6.07, 6.45) is 2.22. The molecule has 0 amide bonds. The summed E-state index contributed by atoms with van der Waals surface area (Å²) in [6.45, 7) is 4.28. The molecule has 0 fully saturated rings. The molecule has 0 unspecified atom stereocenters. The molecule has 2 N–H and O–H groups in total. The fourth-order valence-electron chi connectivity index (χ4n) is 1.67. The molecule has 0 aliphatic carbocycles. The van der Waals surface area contributed by atoms with Crippen LogP contribution in [0.15, 0.2) is 24.3 Å². The third-order valence-electron chi connectivity index (χ3n) is 2.64. The molecule has 0 aliphatic heterocycles. The van der Waals surface area contributed by atoms with Crippen LogP contribution in [0.5, 0.6) is 0 Å². The standard InChI is InChI=1S/C13H19NO2/c1-3-11(4-2)14-12-7-5-6-10(8-12)9-13(15)16/h5-8,11,14H,3-4,9H2,1-2H3,(H,15,16). The number of benzene rings is 1. The van der Waals surface area contributed by atoms with Crippen molar-refractivity contribution in [3.05, 3.63) is 29.8 Å². The number of rotatable bonds is 6. The van der Waals surface area contributed by atoms with Gasteiger partial charge in [-0.25, -0.2) is 0 Å². The highest BCUT2D eigenvalue weighted by atomic mass is 16.4. The van der Waals surface area contributed by atoms with E-state index in [0.717, 1.165) is 24.1 Å². The lowest BCUT2D eigenvalue weighted by atomic mass is 10.1. The molecule has 1 aromatic carbocycles. The third-order valence-corrected chi connectivity index (χ3v) is 2.64. The molecule has 3 heteroatoms. The van der Waals surface area contributed by atoms with E-state index in [9.17, 15) is 4.79 Å². The Kier molecular flexibility index (Phi) is 4.83. The van der Waals surface area contributed by atoms with Crippen molar-refractivity contribution in [2.75, 3.05) is 5.32 Å². The van der Waals surface area contributed by atoms with Gasteiger partial charge in [-0.05, 0) is 30.5 Å². The molecule has 0 atom stereocenters. The Morgan fingerprint density at radius 3 is 2.62 bits per heavy atom. The topological polar surface area (TPSA) is 49.3 Å².